The Balaban J connectivity index is 2.41. The lowest BCUT2D eigenvalue weighted by atomic mass is 10.2. The van der Waals surface area contributed by atoms with E-state index in [0.717, 1.165) is 28.5 Å². The topological polar surface area (TPSA) is 34.1 Å². The Bertz CT molecular complexity index is 569. The summed E-state index contributed by atoms with van der Waals surface area (Å²) in [7, 11) is 3.42. The van der Waals surface area contributed by atoms with Crippen molar-refractivity contribution in [1.82, 2.24) is 10.3 Å². The van der Waals surface area contributed by atoms with Gasteiger partial charge in [0.2, 0.25) is 0 Å². The molecule has 1 N–H and O–H groups in total. The van der Waals surface area contributed by atoms with Crippen molar-refractivity contribution in [1.29, 1.82) is 0 Å². The van der Waals surface area contributed by atoms with E-state index >= 15 is 0 Å². The maximum absolute atomic E-state index is 14.0. The minimum absolute atomic E-state index is 0.299. The quantitative estimate of drug-likeness (QED) is 0.913. The van der Waals surface area contributed by atoms with E-state index < -0.39 is 0 Å². The Kier molecular flexibility index (Phi) is 4.50. The highest BCUT2D eigenvalue weighted by Gasteiger charge is 2.14. The van der Waals surface area contributed by atoms with Crippen molar-refractivity contribution in [3.63, 3.8) is 0 Å². The van der Waals surface area contributed by atoms with E-state index in [4.69, 9.17) is 4.74 Å². The molecule has 0 fully saturated rings. The molecule has 1 aromatic heterocycles. The molecule has 0 amide bonds. The van der Waals surface area contributed by atoms with Crippen LogP contribution in [0.4, 0.5) is 4.39 Å². The maximum atomic E-state index is 14.0. The monoisotopic (exact) mass is 280 g/mol. The molecule has 0 spiro atoms. The zero-order valence-corrected chi connectivity index (χ0v) is 12.1. The van der Waals surface area contributed by atoms with Crippen LogP contribution in [0.1, 0.15) is 17.5 Å². The van der Waals surface area contributed by atoms with Gasteiger partial charge >= 0.3 is 0 Å². The predicted octanol–water partition coefficient (Wildman–Crippen LogP) is 3.24. The van der Waals surface area contributed by atoms with Crippen LogP contribution in [0.25, 0.3) is 10.6 Å². The molecular formula is C14H17FN2OS. The number of thiazole rings is 1. The van der Waals surface area contributed by atoms with Gasteiger partial charge in [-0.05, 0) is 25.6 Å². The van der Waals surface area contributed by atoms with Gasteiger partial charge < -0.3 is 10.1 Å². The van der Waals surface area contributed by atoms with Gasteiger partial charge in [-0.2, -0.15) is 0 Å². The highest BCUT2D eigenvalue weighted by atomic mass is 32.1. The van der Waals surface area contributed by atoms with Crippen LogP contribution in [0, 0.1) is 5.82 Å². The van der Waals surface area contributed by atoms with E-state index in [2.05, 4.69) is 17.2 Å². The van der Waals surface area contributed by atoms with Crippen LogP contribution < -0.4 is 10.1 Å². The number of aromatic nitrogens is 1. The van der Waals surface area contributed by atoms with Gasteiger partial charge in [-0.3, -0.25) is 0 Å². The minimum Gasteiger partial charge on any atom is -0.497 e. The Morgan fingerprint density at radius 1 is 1.42 bits per heavy atom. The van der Waals surface area contributed by atoms with Gasteiger partial charge in [-0.1, -0.05) is 6.92 Å². The molecule has 2 aromatic rings. The molecule has 0 saturated heterocycles. The summed E-state index contributed by atoms with van der Waals surface area (Å²) in [5, 5.41) is 3.84. The molecule has 0 aliphatic carbocycles. The highest BCUT2D eigenvalue weighted by molar-refractivity contribution is 7.15. The van der Waals surface area contributed by atoms with Gasteiger partial charge in [-0.15, -0.1) is 11.3 Å². The molecule has 0 saturated carbocycles. The largest absolute Gasteiger partial charge is 0.497 e. The fourth-order valence-electron chi connectivity index (χ4n) is 1.87. The fraction of sp³-hybridized carbons (Fsp3) is 0.357. The molecule has 0 bridgehead atoms. The van der Waals surface area contributed by atoms with Crippen LogP contribution in [0.3, 0.4) is 0 Å². The van der Waals surface area contributed by atoms with Crippen LogP contribution in [0.15, 0.2) is 18.2 Å². The molecule has 102 valence electrons. The van der Waals surface area contributed by atoms with Gasteiger partial charge in [0, 0.05) is 23.1 Å². The van der Waals surface area contributed by atoms with Crippen molar-refractivity contribution >= 4 is 11.3 Å². The SMILES string of the molecule is CCc1nc(-c2ccc(OC)cc2F)sc1CNC. The van der Waals surface area contributed by atoms with E-state index in [1.807, 2.05) is 7.05 Å². The third-order valence-corrected chi connectivity index (χ3v) is 3.99. The van der Waals surface area contributed by atoms with Crippen LogP contribution in [-0.4, -0.2) is 19.1 Å². The average molecular weight is 280 g/mol. The molecule has 19 heavy (non-hydrogen) atoms. The Hall–Kier alpha value is -1.46. The number of methoxy groups -OCH3 is 1. The van der Waals surface area contributed by atoms with Crippen LogP contribution in [0.5, 0.6) is 5.75 Å². The average Bonchev–Trinajstić information content (AvgIpc) is 2.82. The number of halogens is 1. The number of nitrogens with zero attached hydrogens (tertiary/aromatic N) is 1. The lowest BCUT2D eigenvalue weighted by molar-refractivity contribution is 0.411. The zero-order chi connectivity index (χ0) is 13.8. The molecule has 1 heterocycles. The third kappa shape index (κ3) is 2.93. The molecule has 0 unspecified atom stereocenters. The lowest BCUT2D eigenvalue weighted by Crippen LogP contribution is -2.05. The lowest BCUT2D eigenvalue weighted by Gasteiger charge is -2.02. The fourth-order valence-corrected chi connectivity index (χ4v) is 3.06. The van der Waals surface area contributed by atoms with Gasteiger partial charge in [-0.25, -0.2) is 9.37 Å². The normalized spacial score (nSPS) is 10.7. The first-order valence-electron chi connectivity index (χ1n) is 6.16. The van der Waals surface area contributed by atoms with E-state index in [1.165, 1.54) is 24.5 Å². The van der Waals surface area contributed by atoms with E-state index in [0.29, 0.717) is 11.3 Å². The number of hydrogen-bond acceptors (Lipinski definition) is 4. The molecule has 0 radical (unpaired) electrons. The summed E-state index contributed by atoms with van der Waals surface area (Å²) in [6.45, 7) is 2.82. The maximum Gasteiger partial charge on any atom is 0.137 e. The second-order valence-corrected chi connectivity index (χ2v) is 5.20. The smallest absolute Gasteiger partial charge is 0.137 e. The molecule has 5 heteroatoms. The summed E-state index contributed by atoms with van der Waals surface area (Å²) in [5.41, 5.74) is 1.56. The second kappa shape index (κ2) is 6.12. The van der Waals surface area contributed by atoms with Crippen molar-refractivity contribution in [3.8, 4) is 16.3 Å². The number of benzene rings is 1. The summed E-state index contributed by atoms with van der Waals surface area (Å²) in [6, 6.07) is 4.86. The van der Waals surface area contributed by atoms with E-state index in [1.54, 1.807) is 12.1 Å². The number of nitrogens with one attached hydrogen (secondary N) is 1. The molecule has 0 aliphatic rings. The molecular weight excluding hydrogens is 263 g/mol. The van der Waals surface area contributed by atoms with Crippen molar-refractivity contribution in [2.24, 2.45) is 0 Å². The molecule has 0 atom stereocenters. The molecule has 1 aromatic carbocycles. The molecule has 0 aliphatic heterocycles. The summed E-state index contributed by atoms with van der Waals surface area (Å²) < 4.78 is 19.0. The number of hydrogen-bond donors (Lipinski definition) is 1. The van der Waals surface area contributed by atoms with Gasteiger partial charge in [0.1, 0.15) is 16.6 Å². The summed E-state index contributed by atoms with van der Waals surface area (Å²) in [5.74, 6) is 0.218. The standard InChI is InChI=1S/C14H17FN2OS/c1-4-12-13(8-16-2)19-14(17-12)10-6-5-9(18-3)7-11(10)15/h5-7,16H,4,8H2,1-3H3. The summed E-state index contributed by atoms with van der Waals surface area (Å²) >= 11 is 1.53. The first kappa shape index (κ1) is 14.0. The van der Waals surface area contributed by atoms with Crippen molar-refractivity contribution in [2.75, 3.05) is 14.2 Å². The van der Waals surface area contributed by atoms with Gasteiger partial charge in [0.15, 0.2) is 0 Å². The van der Waals surface area contributed by atoms with Crippen molar-refractivity contribution in [3.05, 3.63) is 34.6 Å². The van der Waals surface area contributed by atoms with Gasteiger partial charge in [0.25, 0.3) is 0 Å². The van der Waals surface area contributed by atoms with Crippen LogP contribution in [0.2, 0.25) is 0 Å². The number of aryl methyl sites for hydroxylation is 1. The highest BCUT2D eigenvalue weighted by Crippen LogP contribution is 2.31. The second-order valence-electron chi connectivity index (χ2n) is 4.12. The Morgan fingerprint density at radius 2 is 2.21 bits per heavy atom. The molecule has 2 rings (SSSR count). The van der Waals surface area contributed by atoms with Crippen LogP contribution in [-0.2, 0) is 13.0 Å². The first-order chi connectivity index (χ1) is 9.19. The molecule has 3 nitrogen and oxygen atoms in total. The van der Waals surface area contributed by atoms with E-state index in [-0.39, 0.29) is 5.82 Å². The minimum atomic E-state index is -0.299. The summed E-state index contributed by atoms with van der Waals surface area (Å²) in [6.07, 6.45) is 0.852. The van der Waals surface area contributed by atoms with Crippen molar-refractivity contribution < 1.29 is 9.13 Å². The third-order valence-electron chi connectivity index (χ3n) is 2.86. The van der Waals surface area contributed by atoms with Crippen LogP contribution >= 0.6 is 11.3 Å². The Morgan fingerprint density at radius 3 is 2.79 bits per heavy atom. The Labute approximate surface area is 116 Å². The number of rotatable bonds is 5. The van der Waals surface area contributed by atoms with Crippen molar-refractivity contribution in [2.45, 2.75) is 19.9 Å². The van der Waals surface area contributed by atoms with E-state index in [9.17, 15) is 4.39 Å². The first-order valence-corrected chi connectivity index (χ1v) is 6.98. The zero-order valence-electron chi connectivity index (χ0n) is 11.3. The number of ether oxygens (including phenoxy) is 1. The summed E-state index contributed by atoms with van der Waals surface area (Å²) in [4.78, 5) is 5.69. The predicted molar refractivity (Wildman–Crippen MR) is 76.2 cm³/mol. The van der Waals surface area contributed by atoms with Gasteiger partial charge in [0.05, 0.1) is 12.8 Å².